The lowest BCUT2D eigenvalue weighted by atomic mass is 10.1. The second-order valence-corrected chi connectivity index (χ2v) is 9.11. The highest BCUT2D eigenvalue weighted by Crippen LogP contribution is 2.23. The van der Waals surface area contributed by atoms with Gasteiger partial charge in [0.1, 0.15) is 5.82 Å². The number of sulfone groups is 1. The van der Waals surface area contributed by atoms with Crippen molar-refractivity contribution in [2.75, 3.05) is 28.3 Å². The monoisotopic (exact) mass is 374 g/mol. The van der Waals surface area contributed by atoms with Gasteiger partial charge in [-0.25, -0.2) is 13.4 Å². The topological polar surface area (TPSA) is 75.2 Å². The summed E-state index contributed by atoms with van der Waals surface area (Å²) in [6, 6.07) is 10.2. The molecule has 6 nitrogen and oxygen atoms in total. The van der Waals surface area contributed by atoms with E-state index in [1.165, 1.54) is 11.1 Å². The van der Waals surface area contributed by atoms with E-state index >= 15 is 0 Å². The quantitative estimate of drug-likeness (QED) is 0.838. The van der Waals surface area contributed by atoms with Gasteiger partial charge in [0.25, 0.3) is 0 Å². The molecule has 140 valence electrons. The lowest BCUT2D eigenvalue weighted by Gasteiger charge is -2.27. The molecule has 1 N–H and O–H groups in total. The summed E-state index contributed by atoms with van der Waals surface area (Å²) < 4.78 is 23.7. The normalized spacial score (nSPS) is 18.7. The van der Waals surface area contributed by atoms with Crippen molar-refractivity contribution < 1.29 is 8.42 Å². The number of hydrogen-bond donors (Lipinski definition) is 1. The number of hydrogen-bond acceptors (Lipinski definition) is 6. The van der Waals surface area contributed by atoms with Crippen LogP contribution in [-0.2, 0) is 16.4 Å². The van der Waals surface area contributed by atoms with E-state index in [9.17, 15) is 8.42 Å². The van der Waals surface area contributed by atoms with Gasteiger partial charge in [0.05, 0.1) is 11.5 Å². The maximum atomic E-state index is 11.8. The minimum Gasteiger partial charge on any atom is -0.366 e. The fourth-order valence-electron chi connectivity index (χ4n) is 3.37. The standard InChI is InChI=1S/C19H26N4O2S/c1-4-23(17-8-9-26(24,25)13-17)19-21-15(3)11-18(22-19)20-12-16-7-5-6-14(2)10-16/h5-7,10-11,17H,4,8-9,12-13H2,1-3H3,(H,20,21,22). The molecule has 0 aliphatic carbocycles. The summed E-state index contributed by atoms with van der Waals surface area (Å²) in [5, 5.41) is 3.36. The van der Waals surface area contributed by atoms with Crippen LogP contribution in [0.15, 0.2) is 30.3 Å². The number of benzene rings is 1. The Bertz CT molecular complexity index is 883. The minimum atomic E-state index is -2.94. The molecule has 0 saturated carbocycles. The molecule has 0 spiro atoms. The zero-order chi connectivity index (χ0) is 18.7. The third-order valence-corrected chi connectivity index (χ3v) is 6.40. The van der Waals surface area contributed by atoms with Crippen molar-refractivity contribution in [2.45, 2.75) is 39.8 Å². The van der Waals surface area contributed by atoms with Crippen LogP contribution in [0.1, 0.15) is 30.2 Å². The van der Waals surface area contributed by atoms with Crippen LogP contribution in [0.4, 0.5) is 11.8 Å². The average molecular weight is 375 g/mol. The van der Waals surface area contributed by atoms with Crippen molar-refractivity contribution in [2.24, 2.45) is 0 Å². The van der Waals surface area contributed by atoms with E-state index in [2.05, 4.69) is 40.4 Å². The Morgan fingerprint density at radius 2 is 2.04 bits per heavy atom. The van der Waals surface area contributed by atoms with Crippen LogP contribution in [0.3, 0.4) is 0 Å². The van der Waals surface area contributed by atoms with Gasteiger partial charge in [-0.2, -0.15) is 4.98 Å². The fraction of sp³-hybridized carbons (Fsp3) is 0.474. The van der Waals surface area contributed by atoms with Gasteiger partial charge in [0.2, 0.25) is 5.95 Å². The van der Waals surface area contributed by atoms with Crippen molar-refractivity contribution in [1.82, 2.24) is 9.97 Å². The zero-order valence-electron chi connectivity index (χ0n) is 15.6. The summed E-state index contributed by atoms with van der Waals surface area (Å²) >= 11 is 0. The first-order chi connectivity index (χ1) is 12.4. The Kier molecular flexibility index (Phi) is 5.46. The maximum Gasteiger partial charge on any atom is 0.227 e. The van der Waals surface area contributed by atoms with E-state index in [1.54, 1.807) is 0 Å². The van der Waals surface area contributed by atoms with Gasteiger partial charge in [-0.1, -0.05) is 29.8 Å². The molecular formula is C19H26N4O2S. The number of anilines is 2. The van der Waals surface area contributed by atoms with Crippen LogP contribution in [0.5, 0.6) is 0 Å². The Labute approximate surface area is 155 Å². The highest BCUT2D eigenvalue weighted by molar-refractivity contribution is 7.91. The van der Waals surface area contributed by atoms with Crippen molar-refractivity contribution in [1.29, 1.82) is 0 Å². The van der Waals surface area contributed by atoms with Gasteiger partial charge in [0.15, 0.2) is 9.84 Å². The predicted octanol–water partition coefficient (Wildman–Crippen LogP) is 2.72. The lowest BCUT2D eigenvalue weighted by Crippen LogP contribution is -2.37. The average Bonchev–Trinajstić information content (AvgIpc) is 2.93. The Balaban J connectivity index is 1.78. The van der Waals surface area contributed by atoms with Gasteiger partial charge in [-0.15, -0.1) is 0 Å². The van der Waals surface area contributed by atoms with E-state index in [0.29, 0.717) is 25.5 Å². The van der Waals surface area contributed by atoms with Crippen molar-refractivity contribution >= 4 is 21.6 Å². The molecule has 1 fully saturated rings. The van der Waals surface area contributed by atoms with Crippen LogP contribution in [-0.4, -0.2) is 42.5 Å². The number of aryl methyl sites for hydroxylation is 2. The summed E-state index contributed by atoms with van der Waals surface area (Å²) in [4.78, 5) is 11.2. The molecule has 1 atom stereocenters. The molecule has 1 unspecified atom stereocenters. The first-order valence-electron chi connectivity index (χ1n) is 8.98. The molecule has 1 saturated heterocycles. The third-order valence-electron chi connectivity index (χ3n) is 4.65. The fourth-order valence-corrected chi connectivity index (χ4v) is 5.10. The van der Waals surface area contributed by atoms with E-state index in [-0.39, 0.29) is 17.5 Å². The summed E-state index contributed by atoms with van der Waals surface area (Å²) in [6.07, 6.45) is 0.638. The smallest absolute Gasteiger partial charge is 0.227 e. The first kappa shape index (κ1) is 18.6. The number of rotatable bonds is 6. The van der Waals surface area contributed by atoms with Crippen LogP contribution in [0, 0.1) is 13.8 Å². The van der Waals surface area contributed by atoms with Crippen molar-refractivity contribution in [3.05, 3.63) is 47.2 Å². The Hall–Kier alpha value is -2.15. The SMILES string of the molecule is CCN(c1nc(C)cc(NCc2cccc(C)c2)n1)C1CCS(=O)(=O)C1. The molecule has 0 radical (unpaired) electrons. The van der Waals surface area contributed by atoms with Crippen molar-refractivity contribution in [3.63, 3.8) is 0 Å². The molecule has 1 aromatic heterocycles. The first-order valence-corrected chi connectivity index (χ1v) is 10.8. The van der Waals surface area contributed by atoms with Gasteiger partial charge in [-0.05, 0) is 32.8 Å². The summed E-state index contributed by atoms with van der Waals surface area (Å²) in [5.74, 6) is 1.79. The van der Waals surface area contributed by atoms with Crippen LogP contribution in [0.2, 0.25) is 0 Å². The molecular weight excluding hydrogens is 348 g/mol. The van der Waals surface area contributed by atoms with E-state index < -0.39 is 9.84 Å². The van der Waals surface area contributed by atoms with Gasteiger partial charge in [-0.3, -0.25) is 0 Å². The highest BCUT2D eigenvalue weighted by atomic mass is 32.2. The summed E-state index contributed by atoms with van der Waals surface area (Å²) in [5.41, 5.74) is 3.28. The summed E-state index contributed by atoms with van der Waals surface area (Å²) in [7, 11) is -2.94. The maximum absolute atomic E-state index is 11.8. The van der Waals surface area contributed by atoms with Crippen LogP contribution >= 0.6 is 0 Å². The van der Waals surface area contributed by atoms with E-state index in [1.807, 2.05) is 30.9 Å². The minimum absolute atomic E-state index is 0.0450. The summed E-state index contributed by atoms with van der Waals surface area (Å²) in [6.45, 7) is 7.38. The van der Waals surface area contributed by atoms with Gasteiger partial charge < -0.3 is 10.2 Å². The molecule has 0 bridgehead atoms. The van der Waals surface area contributed by atoms with E-state index in [0.717, 1.165) is 11.5 Å². The number of nitrogens with one attached hydrogen (secondary N) is 1. The molecule has 1 aromatic carbocycles. The second-order valence-electron chi connectivity index (χ2n) is 6.88. The van der Waals surface area contributed by atoms with Gasteiger partial charge in [0, 0.05) is 30.9 Å². The Morgan fingerprint density at radius 3 is 2.69 bits per heavy atom. The molecule has 7 heteroatoms. The highest BCUT2D eigenvalue weighted by Gasteiger charge is 2.33. The molecule has 2 aromatic rings. The van der Waals surface area contributed by atoms with Crippen LogP contribution in [0.25, 0.3) is 0 Å². The Morgan fingerprint density at radius 1 is 1.23 bits per heavy atom. The molecule has 3 rings (SSSR count). The third kappa shape index (κ3) is 4.52. The molecule has 0 amide bonds. The molecule has 26 heavy (non-hydrogen) atoms. The van der Waals surface area contributed by atoms with E-state index in [4.69, 9.17) is 0 Å². The largest absolute Gasteiger partial charge is 0.366 e. The molecule has 1 aliphatic rings. The predicted molar refractivity (Wildman–Crippen MR) is 105 cm³/mol. The van der Waals surface area contributed by atoms with Crippen molar-refractivity contribution in [3.8, 4) is 0 Å². The van der Waals surface area contributed by atoms with Gasteiger partial charge >= 0.3 is 0 Å². The lowest BCUT2D eigenvalue weighted by molar-refractivity contribution is 0.599. The zero-order valence-corrected chi connectivity index (χ0v) is 16.4. The number of aromatic nitrogens is 2. The van der Waals surface area contributed by atoms with Crippen LogP contribution < -0.4 is 10.2 Å². The molecule has 2 heterocycles. The molecule has 1 aliphatic heterocycles. The second kappa shape index (κ2) is 7.61. The number of nitrogens with zero attached hydrogens (tertiary/aromatic N) is 3.